The van der Waals surface area contributed by atoms with Gasteiger partial charge in [-0.25, -0.2) is 4.79 Å². The van der Waals surface area contributed by atoms with Gasteiger partial charge in [-0.1, -0.05) is 5.92 Å². The summed E-state index contributed by atoms with van der Waals surface area (Å²) in [5, 5.41) is 9.46. The van der Waals surface area contributed by atoms with E-state index in [4.69, 9.17) is 10.5 Å². The largest absolute Gasteiger partial charge is 0.468 e. The molecule has 4 rings (SSSR count). The number of piperidine rings is 1. The van der Waals surface area contributed by atoms with Crippen LogP contribution >= 0.6 is 0 Å². The molecule has 0 bridgehead atoms. The van der Waals surface area contributed by atoms with Gasteiger partial charge >= 0.3 is 11.7 Å². The van der Waals surface area contributed by atoms with Crippen molar-refractivity contribution in [2.75, 3.05) is 25.1 Å². The highest BCUT2D eigenvalue weighted by Crippen LogP contribution is 2.23. The number of carbonyl (C=O) groups excluding carboxylic acids is 1. The number of nitriles is 1. The minimum atomic E-state index is -0.763. The van der Waals surface area contributed by atoms with E-state index in [1.165, 1.54) is 13.3 Å². The lowest BCUT2D eigenvalue weighted by atomic mass is 10.1. The lowest BCUT2D eigenvalue weighted by molar-refractivity contribution is -0.141. The van der Waals surface area contributed by atoms with Gasteiger partial charge in [0.15, 0.2) is 11.2 Å². The van der Waals surface area contributed by atoms with E-state index in [0.717, 1.165) is 22.0 Å². The Hall–Kier alpha value is -4.42. The molecule has 3 aromatic rings. The van der Waals surface area contributed by atoms with Crippen LogP contribution in [0.15, 0.2) is 27.9 Å². The number of hydrogen-bond acceptors (Lipinski definition) is 9. The second-order valence-corrected chi connectivity index (χ2v) is 8.39. The third-order valence-corrected chi connectivity index (χ3v) is 6.08. The summed E-state index contributed by atoms with van der Waals surface area (Å²) in [7, 11) is 1.21. The van der Waals surface area contributed by atoms with E-state index < -0.39 is 23.8 Å². The SMILES string of the molecule is CC#CCn1c(N2CCCC(N)C2)nc2c1c(=O)n(Cc1ncccc1C#N)c(=O)n2CC(=O)OC. The first kappa shape index (κ1) is 24.7. The minimum Gasteiger partial charge on any atom is -0.468 e. The van der Waals surface area contributed by atoms with Crippen molar-refractivity contribution in [3.05, 3.63) is 50.4 Å². The minimum absolute atomic E-state index is 0.0558. The van der Waals surface area contributed by atoms with Crippen LogP contribution in [0.4, 0.5) is 5.95 Å². The van der Waals surface area contributed by atoms with Crippen LogP contribution in [0, 0.1) is 23.2 Å². The highest BCUT2D eigenvalue weighted by molar-refractivity contribution is 5.77. The lowest BCUT2D eigenvalue weighted by Crippen LogP contribution is -2.44. The Kier molecular flexibility index (Phi) is 7.17. The van der Waals surface area contributed by atoms with Crippen molar-refractivity contribution in [3.8, 4) is 17.9 Å². The third-order valence-electron chi connectivity index (χ3n) is 6.08. The number of ether oxygens (including phenoxy) is 1. The Labute approximate surface area is 206 Å². The fourth-order valence-corrected chi connectivity index (χ4v) is 4.31. The monoisotopic (exact) mass is 490 g/mol. The predicted molar refractivity (Wildman–Crippen MR) is 131 cm³/mol. The van der Waals surface area contributed by atoms with Crippen LogP contribution in [0.1, 0.15) is 31.0 Å². The number of rotatable bonds is 6. The van der Waals surface area contributed by atoms with Crippen LogP contribution in [0.25, 0.3) is 11.2 Å². The predicted octanol–water partition coefficient (Wildman–Crippen LogP) is -0.202. The molecule has 2 N–H and O–H groups in total. The van der Waals surface area contributed by atoms with Crippen molar-refractivity contribution in [3.63, 3.8) is 0 Å². The van der Waals surface area contributed by atoms with Crippen LogP contribution < -0.4 is 21.9 Å². The maximum atomic E-state index is 13.8. The zero-order chi connectivity index (χ0) is 25.8. The van der Waals surface area contributed by atoms with Gasteiger partial charge in [0.1, 0.15) is 12.6 Å². The molecule has 1 fully saturated rings. The highest BCUT2D eigenvalue weighted by Gasteiger charge is 2.27. The van der Waals surface area contributed by atoms with Gasteiger partial charge < -0.3 is 15.4 Å². The molecule has 0 amide bonds. The van der Waals surface area contributed by atoms with E-state index in [9.17, 15) is 19.6 Å². The Bertz CT molecular complexity index is 1530. The molecule has 0 aliphatic carbocycles. The summed E-state index contributed by atoms with van der Waals surface area (Å²) in [6.45, 7) is 2.32. The maximum absolute atomic E-state index is 13.8. The maximum Gasteiger partial charge on any atom is 0.333 e. The molecular formula is C24H26N8O4. The number of fused-ring (bicyclic) bond motifs is 1. The second kappa shape index (κ2) is 10.5. The summed E-state index contributed by atoms with van der Waals surface area (Å²) >= 11 is 0. The molecule has 0 saturated carbocycles. The second-order valence-electron chi connectivity index (χ2n) is 8.39. The number of pyridine rings is 1. The van der Waals surface area contributed by atoms with Gasteiger partial charge in [-0.15, -0.1) is 5.92 Å². The van der Waals surface area contributed by atoms with E-state index >= 15 is 0 Å². The molecule has 36 heavy (non-hydrogen) atoms. The van der Waals surface area contributed by atoms with E-state index in [2.05, 4.69) is 21.8 Å². The number of aromatic nitrogens is 5. The standard InChI is InChI=1S/C24H26N8O4/c1-3-4-11-30-20-21(28-23(30)29-10-6-8-17(26)13-29)31(15-19(33)36-2)24(35)32(22(20)34)14-18-16(12-25)7-5-9-27-18/h5,7,9,17H,6,8,10-11,13-15,26H2,1-2H3. The molecule has 0 radical (unpaired) electrons. The average Bonchev–Trinajstić information content (AvgIpc) is 3.27. The van der Waals surface area contributed by atoms with Gasteiger partial charge in [0.05, 0.1) is 31.5 Å². The summed E-state index contributed by atoms with van der Waals surface area (Å²) in [6.07, 6.45) is 3.20. The van der Waals surface area contributed by atoms with Crippen molar-refractivity contribution < 1.29 is 9.53 Å². The normalized spacial score (nSPS) is 15.3. The first-order valence-corrected chi connectivity index (χ1v) is 11.4. The molecular weight excluding hydrogens is 464 g/mol. The molecule has 0 spiro atoms. The van der Waals surface area contributed by atoms with Crippen molar-refractivity contribution in [2.24, 2.45) is 5.73 Å². The van der Waals surface area contributed by atoms with Gasteiger partial charge in [0, 0.05) is 25.3 Å². The number of nitrogens with two attached hydrogens (primary N) is 1. The van der Waals surface area contributed by atoms with Gasteiger partial charge in [0.2, 0.25) is 5.95 Å². The van der Waals surface area contributed by atoms with Crippen LogP contribution in [-0.4, -0.2) is 55.9 Å². The number of carbonyl (C=O) groups is 1. The van der Waals surface area contributed by atoms with Crippen LogP contribution in [0.5, 0.6) is 0 Å². The summed E-state index contributed by atoms with van der Waals surface area (Å²) < 4.78 is 8.51. The Morgan fingerprint density at radius 2 is 2.11 bits per heavy atom. The van der Waals surface area contributed by atoms with Crippen molar-refractivity contribution in [1.29, 1.82) is 5.26 Å². The molecule has 4 heterocycles. The number of nitrogens with zero attached hydrogens (tertiary/aromatic N) is 7. The number of anilines is 1. The molecule has 1 aliphatic rings. The molecule has 12 nitrogen and oxygen atoms in total. The molecule has 1 aliphatic heterocycles. The van der Waals surface area contributed by atoms with E-state index in [1.807, 2.05) is 11.0 Å². The Morgan fingerprint density at radius 1 is 1.31 bits per heavy atom. The van der Waals surface area contributed by atoms with Crippen LogP contribution in [0.3, 0.4) is 0 Å². The van der Waals surface area contributed by atoms with Crippen LogP contribution in [0.2, 0.25) is 0 Å². The molecule has 1 unspecified atom stereocenters. The third kappa shape index (κ3) is 4.59. The number of hydrogen-bond donors (Lipinski definition) is 1. The van der Waals surface area contributed by atoms with Gasteiger partial charge in [-0.3, -0.25) is 28.3 Å². The molecule has 3 aromatic heterocycles. The molecule has 1 saturated heterocycles. The summed E-state index contributed by atoms with van der Waals surface area (Å²) in [6, 6.07) is 5.11. The van der Waals surface area contributed by atoms with Crippen molar-refractivity contribution in [2.45, 2.75) is 45.4 Å². The Morgan fingerprint density at radius 3 is 2.81 bits per heavy atom. The zero-order valence-corrected chi connectivity index (χ0v) is 20.1. The van der Waals surface area contributed by atoms with Gasteiger partial charge in [0.25, 0.3) is 5.56 Å². The lowest BCUT2D eigenvalue weighted by Gasteiger charge is -2.31. The van der Waals surface area contributed by atoms with E-state index in [-0.39, 0.29) is 41.6 Å². The molecule has 0 aromatic carbocycles. The number of imidazole rings is 1. The summed E-state index contributed by atoms with van der Waals surface area (Å²) in [5.74, 6) is 5.57. The van der Waals surface area contributed by atoms with Crippen molar-refractivity contribution >= 4 is 23.1 Å². The Balaban J connectivity index is 2.02. The smallest absolute Gasteiger partial charge is 0.333 e. The molecule has 186 valence electrons. The fraction of sp³-hybridized carbons (Fsp3) is 0.417. The fourth-order valence-electron chi connectivity index (χ4n) is 4.31. The van der Waals surface area contributed by atoms with E-state index in [0.29, 0.717) is 19.0 Å². The topological polar surface area (TPSA) is 154 Å². The van der Waals surface area contributed by atoms with Crippen LogP contribution in [-0.2, 0) is 29.2 Å². The number of methoxy groups -OCH3 is 1. The van der Waals surface area contributed by atoms with Gasteiger partial charge in [-0.2, -0.15) is 10.2 Å². The quantitative estimate of drug-likeness (QED) is 0.365. The highest BCUT2D eigenvalue weighted by atomic mass is 16.5. The molecule has 12 heteroatoms. The first-order valence-electron chi connectivity index (χ1n) is 11.4. The average molecular weight is 491 g/mol. The summed E-state index contributed by atoms with van der Waals surface area (Å²) in [5.41, 5.74) is 5.46. The first-order chi connectivity index (χ1) is 17.4. The van der Waals surface area contributed by atoms with Gasteiger partial charge in [-0.05, 0) is 31.9 Å². The number of esters is 1. The van der Waals surface area contributed by atoms with E-state index in [1.54, 1.807) is 23.6 Å². The molecule has 1 atom stereocenters. The zero-order valence-electron chi connectivity index (χ0n) is 20.1. The summed E-state index contributed by atoms with van der Waals surface area (Å²) in [4.78, 5) is 50.3. The van der Waals surface area contributed by atoms with Crippen molar-refractivity contribution in [1.82, 2.24) is 23.7 Å².